The largest absolute Gasteiger partial charge is 0.0983 e. The van der Waals surface area contributed by atoms with Crippen LogP contribution in [0.25, 0.3) is 0 Å². The van der Waals surface area contributed by atoms with Crippen LogP contribution < -0.4 is 0 Å². The molecular weight excluding hydrogens is 501 g/mol. The molecule has 0 aromatic rings. The fourth-order valence-electron chi connectivity index (χ4n) is 7.28. The molecule has 2 atom stereocenters. The Morgan fingerprint density at radius 1 is 0.378 bits per heavy atom. The molecule has 0 spiro atoms. The summed E-state index contributed by atoms with van der Waals surface area (Å²) in [5.74, 6) is 0. The molecule has 0 aromatic heterocycles. The smallest absolute Gasteiger partial charge is 0.0141 e. The Morgan fingerprint density at radius 3 is 0.946 bits per heavy atom. The topological polar surface area (TPSA) is 0 Å². The average Bonchev–Trinajstić information content (AvgIpc) is 2.58. The first kappa shape index (κ1) is 38.3. The van der Waals surface area contributed by atoms with E-state index in [1.165, 1.54) is 31.8 Å². The van der Waals surface area contributed by atoms with Gasteiger partial charge in [-0.05, 0) is 80.0 Å². The summed E-state index contributed by atoms with van der Waals surface area (Å²) in [6.45, 7) is 53.1. The van der Waals surface area contributed by atoms with Gasteiger partial charge in [0.15, 0.2) is 0 Å². The van der Waals surface area contributed by atoms with E-state index in [-0.39, 0.29) is 23.8 Å². The summed E-state index contributed by atoms with van der Waals surface area (Å²) in [5.41, 5.74) is 0.400. The molecule has 0 radical (unpaired) electrons. The van der Waals surface area contributed by atoms with Crippen LogP contribution in [0, 0.1) is 5.41 Å². The fourth-order valence-corrected chi connectivity index (χ4v) is 19.8. The first-order valence-electron chi connectivity index (χ1n) is 15.1. The van der Waals surface area contributed by atoms with Gasteiger partial charge >= 0.3 is 0 Å². The first-order chi connectivity index (χ1) is 15.8. The molecule has 0 saturated carbocycles. The summed E-state index contributed by atoms with van der Waals surface area (Å²) in [5, 5.41) is 2.76. The van der Waals surface area contributed by atoms with Gasteiger partial charge in [0, 0.05) is 0 Å². The Balaban J connectivity index is 5.70. The molecule has 0 aromatic carbocycles. The van der Waals surface area contributed by atoms with Crippen molar-refractivity contribution in [3.8, 4) is 0 Å². The highest BCUT2D eigenvalue weighted by Crippen LogP contribution is 2.70. The van der Waals surface area contributed by atoms with Crippen LogP contribution in [-0.2, 0) is 0 Å². The van der Waals surface area contributed by atoms with Crippen LogP contribution >= 0.6 is 23.8 Å². The second kappa shape index (κ2) is 12.3. The van der Waals surface area contributed by atoms with E-state index in [4.69, 9.17) is 0 Å². The van der Waals surface area contributed by atoms with Gasteiger partial charge in [-0.25, -0.2) is 0 Å². The van der Waals surface area contributed by atoms with Crippen molar-refractivity contribution in [2.75, 3.05) is 12.8 Å². The molecule has 3 heteroatoms. The van der Waals surface area contributed by atoms with Crippen molar-refractivity contribution in [3.63, 3.8) is 0 Å². The van der Waals surface area contributed by atoms with Crippen molar-refractivity contribution < 1.29 is 0 Å². The Bertz CT molecular complexity index is 685. The molecule has 2 unspecified atom stereocenters. The molecule has 0 rings (SSSR count). The number of hydrogen-bond donors (Lipinski definition) is 0. The minimum absolute atomic E-state index is 0.0761. The van der Waals surface area contributed by atoms with Gasteiger partial charge in [-0.1, -0.05) is 162 Å². The summed E-state index contributed by atoms with van der Waals surface area (Å²) in [7, 11) is -0.314. The van der Waals surface area contributed by atoms with Gasteiger partial charge in [0.2, 0.25) is 0 Å². The Morgan fingerprint density at radius 2 is 0.676 bits per heavy atom. The van der Waals surface area contributed by atoms with Crippen molar-refractivity contribution in [1.82, 2.24) is 0 Å². The maximum absolute atomic E-state index is 2.63. The lowest BCUT2D eigenvalue weighted by atomic mass is 9.98. The van der Waals surface area contributed by atoms with E-state index in [2.05, 4.69) is 145 Å². The highest BCUT2D eigenvalue weighted by molar-refractivity contribution is 7.62. The molecule has 37 heavy (non-hydrogen) atoms. The van der Waals surface area contributed by atoms with Gasteiger partial charge in [-0.2, -0.15) is 0 Å². The maximum atomic E-state index is 2.63. The van der Waals surface area contributed by atoms with Gasteiger partial charge in [0.05, 0.1) is 0 Å². The van der Waals surface area contributed by atoms with E-state index in [1.54, 1.807) is 0 Å². The quantitative estimate of drug-likeness (QED) is 0.215. The van der Waals surface area contributed by atoms with Crippen LogP contribution in [-0.4, -0.2) is 48.9 Å². The van der Waals surface area contributed by atoms with E-state index in [9.17, 15) is 0 Å². The maximum Gasteiger partial charge on any atom is -0.0141 e. The summed E-state index contributed by atoms with van der Waals surface area (Å²) in [6.07, 6.45) is 6.76. The van der Waals surface area contributed by atoms with Crippen molar-refractivity contribution in [3.05, 3.63) is 0 Å². The number of rotatable bonds is 11. The second-order valence-electron chi connectivity index (χ2n) is 18.8. The lowest BCUT2D eigenvalue weighted by Gasteiger charge is -2.53. The molecule has 0 bridgehead atoms. The highest BCUT2D eigenvalue weighted by Gasteiger charge is 2.46. The van der Waals surface area contributed by atoms with E-state index in [1.807, 2.05) is 0 Å². The summed E-state index contributed by atoms with van der Waals surface area (Å²) >= 11 is 0. The summed E-state index contributed by atoms with van der Waals surface area (Å²) in [6, 6.07) is 0. The van der Waals surface area contributed by atoms with E-state index in [0.29, 0.717) is 41.5 Å². The minimum Gasteiger partial charge on any atom is -0.0983 e. The van der Waals surface area contributed by atoms with E-state index < -0.39 is 0 Å². The van der Waals surface area contributed by atoms with Crippen LogP contribution in [0.1, 0.15) is 164 Å². The third-order valence-electron chi connectivity index (χ3n) is 8.63. The molecule has 0 N–H and O–H groups in total. The molecule has 0 aliphatic rings. The van der Waals surface area contributed by atoms with Crippen LogP contribution in [0.15, 0.2) is 0 Å². The molecule has 0 amide bonds. The first-order valence-corrected chi connectivity index (χ1v) is 19.8. The van der Waals surface area contributed by atoms with E-state index >= 15 is 0 Å². The molecule has 0 aliphatic carbocycles. The summed E-state index contributed by atoms with van der Waals surface area (Å²) < 4.78 is 0. The molecule has 0 fully saturated rings. The fraction of sp³-hybridized carbons (Fsp3) is 1.00. The predicted octanol–water partition coefficient (Wildman–Crippen LogP) is 13.2. The Labute approximate surface area is 241 Å². The third-order valence-corrected chi connectivity index (χ3v) is 21.4. The van der Waals surface area contributed by atoms with Gasteiger partial charge < -0.3 is 0 Å². The van der Waals surface area contributed by atoms with Crippen LogP contribution in [0.4, 0.5) is 0 Å². The lowest BCUT2D eigenvalue weighted by Crippen LogP contribution is -2.39. The molecule has 0 nitrogen and oxygen atoms in total. The van der Waals surface area contributed by atoms with Crippen molar-refractivity contribution in [2.24, 2.45) is 5.41 Å². The van der Waals surface area contributed by atoms with Crippen LogP contribution in [0.5, 0.6) is 0 Å². The summed E-state index contributed by atoms with van der Waals surface area (Å²) in [4.78, 5) is 0. The normalized spacial score (nSPS) is 17.4. The third kappa shape index (κ3) is 12.0. The van der Waals surface area contributed by atoms with Gasteiger partial charge in [-0.15, -0.1) is 0 Å². The second-order valence-corrected chi connectivity index (χ2v) is 30.6. The predicted molar refractivity (Wildman–Crippen MR) is 185 cm³/mol. The van der Waals surface area contributed by atoms with Crippen LogP contribution in [0.2, 0.25) is 0 Å². The number of hydrogen-bond acceptors (Lipinski definition) is 0. The minimum atomic E-state index is -0.130. The standard InChI is InChI=1S/C34H73P3/c1-27(2,3)26-36(28(4,5)6)33(17,18)24-22-31(13,14)35(21)32(15,16)23-25-34(19,20)37(29(7,8)9)30(10,11)12/h22-26H2,1-21H3. The lowest BCUT2D eigenvalue weighted by molar-refractivity contribution is 0.455. The molecule has 0 saturated heterocycles. The van der Waals surface area contributed by atoms with Gasteiger partial charge in [0.25, 0.3) is 0 Å². The Hall–Kier alpha value is 1.29. The van der Waals surface area contributed by atoms with Gasteiger partial charge in [0.1, 0.15) is 0 Å². The molecule has 224 valence electrons. The van der Waals surface area contributed by atoms with Crippen LogP contribution in [0.3, 0.4) is 0 Å². The SMILES string of the molecule is CP(C(C)(C)CCC(C)(C)P(CC(C)(C)C)C(C)(C)C)C(C)(C)CCC(C)(C)P(C(C)(C)C)C(C)(C)C. The van der Waals surface area contributed by atoms with Crippen molar-refractivity contribution >= 4 is 23.8 Å². The van der Waals surface area contributed by atoms with E-state index in [0.717, 1.165) is 0 Å². The molecular formula is C34H73P3. The molecule has 0 aliphatic heterocycles. The average molecular weight is 575 g/mol. The Kier molecular flexibility index (Phi) is 12.7. The van der Waals surface area contributed by atoms with Gasteiger partial charge in [-0.3, -0.25) is 0 Å². The van der Waals surface area contributed by atoms with Crippen molar-refractivity contribution in [1.29, 1.82) is 0 Å². The monoisotopic (exact) mass is 574 g/mol. The highest BCUT2D eigenvalue weighted by atomic mass is 31.1. The van der Waals surface area contributed by atoms with Crippen molar-refractivity contribution in [2.45, 2.75) is 200 Å². The zero-order chi connectivity index (χ0) is 30.3. The zero-order valence-corrected chi connectivity index (χ0v) is 32.6. The zero-order valence-electron chi connectivity index (χ0n) is 29.9. The molecule has 0 heterocycles.